The molecule has 0 saturated heterocycles. The summed E-state index contributed by atoms with van der Waals surface area (Å²) >= 11 is 0. The molecule has 2 rings (SSSR count). The Balaban J connectivity index is 2.47. The van der Waals surface area contributed by atoms with Gasteiger partial charge in [0.05, 0.1) is 6.42 Å². The van der Waals surface area contributed by atoms with Gasteiger partial charge in [0, 0.05) is 11.6 Å². The van der Waals surface area contributed by atoms with Crippen LogP contribution in [0.2, 0.25) is 0 Å². The van der Waals surface area contributed by atoms with Crippen molar-refractivity contribution in [3.8, 4) is 11.5 Å². The van der Waals surface area contributed by atoms with Gasteiger partial charge in [0.15, 0.2) is 11.5 Å². The topological polar surface area (TPSA) is 81.8 Å². The number of nitrogens with two attached hydrogens (primary N) is 1. The van der Waals surface area contributed by atoms with Crippen LogP contribution in [0.4, 0.5) is 4.39 Å². The van der Waals surface area contributed by atoms with E-state index in [-0.39, 0.29) is 13.2 Å². The molecule has 0 fully saturated rings. The Morgan fingerprint density at radius 1 is 1.53 bits per heavy atom. The van der Waals surface area contributed by atoms with Crippen molar-refractivity contribution in [1.82, 2.24) is 0 Å². The molecule has 0 bridgehead atoms. The SMILES string of the molecule is CC(C)(F)c1cc2c(c(C(N)CC(=O)O)c1)OCO2. The average Bonchev–Trinajstić information content (AvgIpc) is 2.72. The Morgan fingerprint density at radius 2 is 2.21 bits per heavy atom. The van der Waals surface area contributed by atoms with Crippen molar-refractivity contribution in [2.75, 3.05) is 6.79 Å². The van der Waals surface area contributed by atoms with E-state index in [2.05, 4.69) is 0 Å². The minimum absolute atomic E-state index is 0.0261. The van der Waals surface area contributed by atoms with Gasteiger partial charge in [-0.3, -0.25) is 4.79 Å². The molecular weight excluding hydrogens is 253 g/mol. The maximum Gasteiger partial charge on any atom is 0.305 e. The van der Waals surface area contributed by atoms with Crippen LogP contribution in [0.1, 0.15) is 37.4 Å². The van der Waals surface area contributed by atoms with Crippen LogP contribution < -0.4 is 15.2 Å². The zero-order valence-electron chi connectivity index (χ0n) is 10.8. The first-order valence-electron chi connectivity index (χ1n) is 5.89. The standard InChI is InChI=1S/C13H16FNO4/c1-13(2,14)7-3-8(9(15)5-11(16)17)12-10(4-7)18-6-19-12/h3-4,9H,5-6,15H2,1-2H3,(H,16,17). The highest BCUT2D eigenvalue weighted by atomic mass is 19.1. The fourth-order valence-corrected chi connectivity index (χ4v) is 1.95. The van der Waals surface area contributed by atoms with Gasteiger partial charge in [0.25, 0.3) is 0 Å². The van der Waals surface area contributed by atoms with Gasteiger partial charge in [-0.25, -0.2) is 4.39 Å². The summed E-state index contributed by atoms with van der Waals surface area (Å²) < 4.78 is 24.6. The molecule has 1 unspecified atom stereocenters. The van der Waals surface area contributed by atoms with Crippen LogP contribution in [-0.2, 0) is 10.5 Å². The third-order valence-electron chi connectivity index (χ3n) is 2.98. The van der Waals surface area contributed by atoms with E-state index in [0.29, 0.717) is 22.6 Å². The minimum Gasteiger partial charge on any atom is -0.481 e. The predicted molar refractivity (Wildman–Crippen MR) is 65.9 cm³/mol. The van der Waals surface area contributed by atoms with Gasteiger partial charge in [-0.15, -0.1) is 0 Å². The molecule has 0 amide bonds. The first-order valence-corrected chi connectivity index (χ1v) is 5.89. The van der Waals surface area contributed by atoms with Crippen LogP contribution >= 0.6 is 0 Å². The van der Waals surface area contributed by atoms with Crippen LogP contribution in [0.5, 0.6) is 11.5 Å². The lowest BCUT2D eigenvalue weighted by Crippen LogP contribution is -2.17. The summed E-state index contributed by atoms with van der Waals surface area (Å²) in [7, 11) is 0. The molecule has 1 aliphatic rings. The van der Waals surface area contributed by atoms with E-state index >= 15 is 0 Å². The molecule has 6 heteroatoms. The highest BCUT2D eigenvalue weighted by Crippen LogP contribution is 2.42. The minimum atomic E-state index is -1.57. The number of hydrogen-bond acceptors (Lipinski definition) is 4. The number of fused-ring (bicyclic) bond motifs is 1. The Labute approximate surface area is 110 Å². The number of alkyl halides is 1. The van der Waals surface area contributed by atoms with Gasteiger partial charge in [0.1, 0.15) is 5.67 Å². The summed E-state index contributed by atoms with van der Waals surface area (Å²) in [6.07, 6.45) is -0.258. The van der Waals surface area contributed by atoms with Gasteiger partial charge in [-0.1, -0.05) is 0 Å². The maximum absolute atomic E-state index is 14.0. The predicted octanol–water partition coefficient (Wildman–Crippen LogP) is 2.09. The molecule has 1 aromatic rings. The second kappa shape index (κ2) is 4.70. The smallest absolute Gasteiger partial charge is 0.305 e. The lowest BCUT2D eigenvalue weighted by atomic mass is 9.93. The highest BCUT2D eigenvalue weighted by Gasteiger charge is 2.28. The number of benzene rings is 1. The third-order valence-corrected chi connectivity index (χ3v) is 2.98. The number of rotatable bonds is 4. The van der Waals surface area contributed by atoms with E-state index < -0.39 is 17.7 Å². The van der Waals surface area contributed by atoms with Crippen molar-refractivity contribution >= 4 is 5.97 Å². The molecule has 1 aromatic carbocycles. The monoisotopic (exact) mass is 269 g/mol. The summed E-state index contributed by atoms with van der Waals surface area (Å²) in [6, 6.07) is 2.33. The first-order chi connectivity index (χ1) is 8.79. The average molecular weight is 269 g/mol. The molecule has 0 aliphatic carbocycles. The number of aliphatic carboxylic acids is 1. The Kier molecular flexibility index (Phi) is 3.36. The van der Waals surface area contributed by atoms with Gasteiger partial charge < -0.3 is 20.3 Å². The number of hydrogen-bond donors (Lipinski definition) is 2. The van der Waals surface area contributed by atoms with Gasteiger partial charge in [0.2, 0.25) is 6.79 Å². The molecule has 3 N–H and O–H groups in total. The maximum atomic E-state index is 14.0. The Bertz CT molecular complexity index is 510. The fraction of sp³-hybridized carbons (Fsp3) is 0.462. The van der Waals surface area contributed by atoms with Gasteiger partial charge in [-0.2, -0.15) is 0 Å². The summed E-state index contributed by atoms with van der Waals surface area (Å²) in [5.41, 5.74) is 5.11. The molecule has 5 nitrogen and oxygen atoms in total. The van der Waals surface area contributed by atoms with E-state index in [1.165, 1.54) is 13.8 Å². The van der Waals surface area contributed by atoms with Crippen molar-refractivity contribution in [2.24, 2.45) is 5.73 Å². The van der Waals surface area contributed by atoms with Crippen LogP contribution in [0.3, 0.4) is 0 Å². The first kappa shape index (κ1) is 13.6. The van der Waals surface area contributed by atoms with E-state index in [9.17, 15) is 9.18 Å². The molecule has 0 saturated carbocycles. The largest absolute Gasteiger partial charge is 0.481 e. The van der Waals surface area contributed by atoms with Crippen LogP contribution in [-0.4, -0.2) is 17.9 Å². The van der Waals surface area contributed by atoms with Crippen LogP contribution in [0.15, 0.2) is 12.1 Å². The number of halogens is 1. The molecule has 1 aliphatic heterocycles. The molecule has 1 heterocycles. The van der Waals surface area contributed by atoms with Crippen molar-refractivity contribution in [1.29, 1.82) is 0 Å². The number of ether oxygens (including phenoxy) is 2. The molecule has 0 radical (unpaired) electrons. The summed E-state index contributed by atoms with van der Waals surface area (Å²) in [6.45, 7) is 2.85. The van der Waals surface area contributed by atoms with E-state index in [1.54, 1.807) is 12.1 Å². The van der Waals surface area contributed by atoms with Crippen LogP contribution in [0.25, 0.3) is 0 Å². The summed E-state index contributed by atoms with van der Waals surface area (Å²) in [4.78, 5) is 10.7. The Hall–Kier alpha value is -1.82. The quantitative estimate of drug-likeness (QED) is 0.874. The molecule has 0 aromatic heterocycles. The molecule has 104 valence electrons. The normalized spacial score (nSPS) is 15.4. The van der Waals surface area contributed by atoms with Crippen molar-refractivity contribution in [3.63, 3.8) is 0 Å². The third kappa shape index (κ3) is 2.78. The highest BCUT2D eigenvalue weighted by molar-refractivity contribution is 5.68. The van der Waals surface area contributed by atoms with Crippen molar-refractivity contribution in [2.45, 2.75) is 32.0 Å². The molecule has 0 spiro atoms. The van der Waals surface area contributed by atoms with Crippen molar-refractivity contribution < 1.29 is 23.8 Å². The second-order valence-corrected chi connectivity index (χ2v) is 4.98. The zero-order valence-corrected chi connectivity index (χ0v) is 10.8. The van der Waals surface area contributed by atoms with E-state index in [0.717, 1.165) is 0 Å². The van der Waals surface area contributed by atoms with Crippen LogP contribution in [0, 0.1) is 0 Å². The summed E-state index contributed by atoms with van der Waals surface area (Å²) in [5, 5.41) is 8.80. The molecular formula is C13H16FNO4. The van der Waals surface area contributed by atoms with Crippen molar-refractivity contribution in [3.05, 3.63) is 23.3 Å². The lowest BCUT2D eigenvalue weighted by molar-refractivity contribution is -0.137. The van der Waals surface area contributed by atoms with Gasteiger partial charge in [-0.05, 0) is 31.5 Å². The molecule has 1 atom stereocenters. The summed E-state index contributed by atoms with van der Waals surface area (Å²) in [5.74, 6) is -0.217. The Morgan fingerprint density at radius 3 is 2.79 bits per heavy atom. The fourth-order valence-electron chi connectivity index (χ4n) is 1.95. The number of carbonyl (C=O) groups is 1. The second-order valence-electron chi connectivity index (χ2n) is 4.98. The number of carboxylic acids is 1. The number of carboxylic acid groups (broad SMARTS) is 1. The van der Waals surface area contributed by atoms with Gasteiger partial charge >= 0.3 is 5.97 Å². The zero-order chi connectivity index (χ0) is 14.2. The lowest BCUT2D eigenvalue weighted by Gasteiger charge is -2.19. The molecule has 19 heavy (non-hydrogen) atoms. The van der Waals surface area contributed by atoms with E-state index in [1.807, 2.05) is 0 Å². The van der Waals surface area contributed by atoms with E-state index in [4.69, 9.17) is 20.3 Å².